The van der Waals surface area contributed by atoms with Gasteiger partial charge in [-0.25, -0.2) is 0 Å². The monoisotopic (exact) mass is 183 g/mol. The smallest absolute Gasteiger partial charge is 0.00728 e. The van der Waals surface area contributed by atoms with Crippen LogP contribution >= 0.6 is 0 Å². The predicted octanol–water partition coefficient (Wildman–Crippen LogP) is 3.20. The van der Waals surface area contributed by atoms with Gasteiger partial charge in [-0.2, -0.15) is 0 Å². The van der Waals surface area contributed by atoms with Crippen LogP contribution in [0.15, 0.2) is 0 Å². The molecule has 1 rings (SSSR count). The van der Waals surface area contributed by atoms with Crippen molar-refractivity contribution >= 4 is 0 Å². The summed E-state index contributed by atoms with van der Waals surface area (Å²) in [5.74, 6) is 1.87. The summed E-state index contributed by atoms with van der Waals surface area (Å²) in [7, 11) is 0. The summed E-state index contributed by atoms with van der Waals surface area (Å²) in [5.41, 5.74) is 0. The van der Waals surface area contributed by atoms with Crippen LogP contribution in [0.1, 0.15) is 53.4 Å². The molecule has 1 N–H and O–H groups in total. The molecule has 3 unspecified atom stereocenters. The highest BCUT2D eigenvalue weighted by Gasteiger charge is 2.33. The second kappa shape index (κ2) is 4.99. The first-order valence-corrected chi connectivity index (χ1v) is 5.98. The maximum absolute atomic E-state index is 3.70. The van der Waals surface area contributed by atoms with Gasteiger partial charge in [0.1, 0.15) is 0 Å². The van der Waals surface area contributed by atoms with Gasteiger partial charge in [-0.15, -0.1) is 0 Å². The third kappa shape index (κ3) is 2.46. The zero-order valence-electron chi connectivity index (χ0n) is 9.64. The van der Waals surface area contributed by atoms with Crippen molar-refractivity contribution in [3.8, 4) is 0 Å². The van der Waals surface area contributed by atoms with Crippen LogP contribution < -0.4 is 5.32 Å². The normalized spacial score (nSPS) is 34.4. The van der Waals surface area contributed by atoms with Gasteiger partial charge in [0, 0.05) is 12.1 Å². The third-order valence-electron chi connectivity index (χ3n) is 3.84. The summed E-state index contributed by atoms with van der Waals surface area (Å²) in [6, 6.07) is 1.54. The van der Waals surface area contributed by atoms with E-state index in [0.717, 1.165) is 23.9 Å². The van der Waals surface area contributed by atoms with E-state index < -0.39 is 0 Å². The Morgan fingerprint density at radius 3 is 2.23 bits per heavy atom. The molecule has 1 fully saturated rings. The van der Waals surface area contributed by atoms with Gasteiger partial charge in [0.05, 0.1) is 0 Å². The van der Waals surface area contributed by atoms with E-state index >= 15 is 0 Å². The van der Waals surface area contributed by atoms with Crippen LogP contribution in [0.25, 0.3) is 0 Å². The van der Waals surface area contributed by atoms with E-state index in [2.05, 4.69) is 33.0 Å². The molecule has 78 valence electrons. The van der Waals surface area contributed by atoms with Crippen molar-refractivity contribution in [1.29, 1.82) is 0 Å². The van der Waals surface area contributed by atoms with Crippen LogP contribution in [0, 0.1) is 11.8 Å². The Morgan fingerprint density at radius 1 is 1.23 bits per heavy atom. The standard InChI is InChI=1S/C12H25N/c1-5-10(6-2)12-8-11(7-3)13-9(12)4/h9-13H,5-8H2,1-4H3. The summed E-state index contributed by atoms with van der Waals surface area (Å²) in [4.78, 5) is 0. The Morgan fingerprint density at radius 2 is 1.85 bits per heavy atom. The molecule has 0 radical (unpaired) electrons. The number of hydrogen-bond acceptors (Lipinski definition) is 1. The molecular weight excluding hydrogens is 158 g/mol. The molecule has 3 atom stereocenters. The van der Waals surface area contributed by atoms with Crippen molar-refractivity contribution in [2.75, 3.05) is 0 Å². The Kier molecular flexibility index (Phi) is 4.24. The van der Waals surface area contributed by atoms with Gasteiger partial charge >= 0.3 is 0 Å². The highest BCUT2D eigenvalue weighted by atomic mass is 15.0. The Bertz CT molecular complexity index is 140. The van der Waals surface area contributed by atoms with E-state index in [0.29, 0.717) is 0 Å². The van der Waals surface area contributed by atoms with Crippen LogP contribution in [-0.4, -0.2) is 12.1 Å². The third-order valence-corrected chi connectivity index (χ3v) is 3.84. The summed E-state index contributed by atoms with van der Waals surface area (Å²) < 4.78 is 0. The fraction of sp³-hybridized carbons (Fsp3) is 1.00. The van der Waals surface area contributed by atoms with E-state index in [1.54, 1.807) is 0 Å². The first-order chi connectivity index (χ1) is 6.22. The lowest BCUT2D eigenvalue weighted by Crippen LogP contribution is -2.30. The number of nitrogens with one attached hydrogen (secondary N) is 1. The first kappa shape index (κ1) is 11.0. The van der Waals surface area contributed by atoms with Crippen LogP contribution in [0.2, 0.25) is 0 Å². The zero-order valence-corrected chi connectivity index (χ0v) is 9.64. The molecule has 1 aliphatic rings. The SMILES string of the molecule is CCC1CC(C(CC)CC)C(C)N1. The second-order valence-corrected chi connectivity index (χ2v) is 4.54. The molecule has 0 aliphatic carbocycles. The summed E-state index contributed by atoms with van der Waals surface area (Å²) in [6.07, 6.45) is 5.40. The Hall–Kier alpha value is -0.0400. The van der Waals surface area contributed by atoms with Crippen LogP contribution in [-0.2, 0) is 0 Å². The van der Waals surface area contributed by atoms with Crippen molar-refractivity contribution < 1.29 is 0 Å². The van der Waals surface area contributed by atoms with Crippen molar-refractivity contribution in [2.24, 2.45) is 11.8 Å². The van der Waals surface area contributed by atoms with E-state index in [-0.39, 0.29) is 0 Å². The first-order valence-electron chi connectivity index (χ1n) is 5.98. The molecule has 1 saturated heterocycles. The topological polar surface area (TPSA) is 12.0 Å². The maximum atomic E-state index is 3.70. The minimum atomic E-state index is 0.745. The van der Waals surface area contributed by atoms with Crippen molar-refractivity contribution in [2.45, 2.75) is 65.5 Å². The molecule has 0 bridgehead atoms. The molecule has 1 aliphatic heterocycles. The number of rotatable bonds is 4. The number of hydrogen-bond donors (Lipinski definition) is 1. The van der Waals surface area contributed by atoms with E-state index in [1.807, 2.05) is 0 Å². The quantitative estimate of drug-likeness (QED) is 0.706. The van der Waals surface area contributed by atoms with Crippen LogP contribution in [0.4, 0.5) is 0 Å². The van der Waals surface area contributed by atoms with Crippen molar-refractivity contribution in [3.63, 3.8) is 0 Å². The largest absolute Gasteiger partial charge is 0.311 e. The van der Waals surface area contributed by atoms with Gasteiger partial charge in [0.15, 0.2) is 0 Å². The highest BCUT2D eigenvalue weighted by Crippen LogP contribution is 2.32. The molecule has 0 aromatic rings. The van der Waals surface area contributed by atoms with E-state index in [1.165, 1.54) is 25.7 Å². The molecule has 1 nitrogen and oxygen atoms in total. The summed E-state index contributed by atoms with van der Waals surface area (Å²) in [6.45, 7) is 9.32. The van der Waals surface area contributed by atoms with Crippen molar-refractivity contribution in [1.82, 2.24) is 5.32 Å². The molecule has 0 aromatic carbocycles. The average Bonchev–Trinajstić information content (AvgIpc) is 2.50. The zero-order chi connectivity index (χ0) is 9.84. The van der Waals surface area contributed by atoms with Gasteiger partial charge < -0.3 is 5.32 Å². The van der Waals surface area contributed by atoms with E-state index in [4.69, 9.17) is 0 Å². The highest BCUT2D eigenvalue weighted by molar-refractivity contribution is 4.90. The lowest BCUT2D eigenvalue weighted by atomic mass is 9.82. The molecular formula is C12H25N. The van der Waals surface area contributed by atoms with Crippen molar-refractivity contribution in [3.05, 3.63) is 0 Å². The molecule has 0 saturated carbocycles. The second-order valence-electron chi connectivity index (χ2n) is 4.54. The van der Waals surface area contributed by atoms with Crippen LogP contribution in [0.5, 0.6) is 0 Å². The summed E-state index contributed by atoms with van der Waals surface area (Å²) >= 11 is 0. The molecule has 0 amide bonds. The Labute approximate surface area is 83.3 Å². The lowest BCUT2D eigenvalue weighted by molar-refractivity contribution is 0.292. The van der Waals surface area contributed by atoms with Gasteiger partial charge in [-0.05, 0) is 31.6 Å². The Balaban J connectivity index is 2.50. The summed E-state index contributed by atoms with van der Waals surface area (Å²) in [5, 5.41) is 3.70. The van der Waals surface area contributed by atoms with Crippen LogP contribution in [0.3, 0.4) is 0 Å². The molecule has 13 heavy (non-hydrogen) atoms. The minimum Gasteiger partial charge on any atom is -0.311 e. The fourth-order valence-corrected chi connectivity index (χ4v) is 2.88. The predicted molar refractivity (Wildman–Crippen MR) is 58.9 cm³/mol. The van der Waals surface area contributed by atoms with Gasteiger partial charge in [-0.3, -0.25) is 0 Å². The fourth-order valence-electron chi connectivity index (χ4n) is 2.88. The van der Waals surface area contributed by atoms with Gasteiger partial charge in [0.25, 0.3) is 0 Å². The molecule has 0 aromatic heterocycles. The van der Waals surface area contributed by atoms with E-state index in [9.17, 15) is 0 Å². The average molecular weight is 183 g/mol. The van der Waals surface area contributed by atoms with Gasteiger partial charge in [-0.1, -0.05) is 33.6 Å². The molecule has 1 heteroatoms. The lowest BCUT2D eigenvalue weighted by Gasteiger charge is -2.23. The van der Waals surface area contributed by atoms with Gasteiger partial charge in [0.2, 0.25) is 0 Å². The molecule has 1 heterocycles. The molecule has 0 spiro atoms. The maximum Gasteiger partial charge on any atom is 0.00728 e. The minimum absolute atomic E-state index is 0.745.